The number of hydrogen-bond acceptors (Lipinski definition) is 0. The molecule has 0 unspecified atom stereocenters. The summed E-state index contributed by atoms with van der Waals surface area (Å²) in [5.41, 5.74) is 0. The maximum atomic E-state index is 3.59. The molecule has 0 aliphatic heterocycles. The fraction of sp³-hybridized carbons (Fsp3) is 0.273. The van der Waals surface area contributed by atoms with E-state index >= 15 is 0 Å². The third kappa shape index (κ3) is 8.60. The van der Waals surface area contributed by atoms with Crippen molar-refractivity contribution in [3.63, 3.8) is 0 Å². The number of hydrogen-bond donors (Lipinski definition) is 0. The fourth-order valence-electron chi connectivity index (χ4n) is 0.442. The maximum absolute atomic E-state index is 3.59. The van der Waals surface area contributed by atoms with Gasteiger partial charge in [0.25, 0.3) is 0 Å². The van der Waals surface area contributed by atoms with Gasteiger partial charge in [-0.2, -0.15) is 0 Å². The Morgan fingerprint density at radius 3 is 2.82 bits per heavy atom. The Bertz CT molecular complexity index is 235. The van der Waals surface area contributed by atoms with E-state index in [1.165, 1.54) is 0 Å². The highest BCUT2D eigenvalue weighted by Crippen LogP contribution is 1.84. The largest absolute Gasteiger partial charge is 0.103 e. The van der Waals surface area contributed by atoms with Gasteiger partial charge in [0.15, 0.2) is 0 Å². The van der Waals surface area contributed by atoms with E-state index in [0.29, 0.717) is 0 Å². The first-order valence-corrected chi connectivity index (χ1v) is 3.62. The van der Waals surface area contributed by atoms with E-state index in [2.05, 4.69) is 30.3 Å². The quantitative estimate of drug-likeness (QED) is 0.317. The van der Waals surface area contributed by atoms with Gasteiger partial charge in [0.1, 0.15) is 0 Å². The van der Waals surface area contributed by atoms with Gasteiger partial charge in [-0.05, 0) is 31.3 Å². The summed E-state index contributed by atoms with van der Waals surface area (Å²) in [6, 6.07) is 0. The van der Waals surface area contributed by atoms with Crippen molar-refractivity contribution < 1.29 is 0 Å². The van der Waals surface area contributed by atoms with Crippen LogP contribution in [0, 0.1) is 23.7 Å². The first-order chi connectivity index (χ1) is 5.41. The molecule has 0 radical (unpaired) electrons. The second kappa shape index (κ2) is 8.60. The Labute approximate surface area is 69.0 Å². The molecule has 0 saturated carbocycles. The van der Waals surface area contributed by atoms with E-state index < -0.39 is 0 Å². The number of allylic oxidation sites excluding steroid dienone is 3. The average Bonchev–Trinajstić information content (AvgIpc) is 2.03. The topological polar surface area (TPSA) is 0 Å². The van der Waals surface area contributed by atoms with Crippen LogP contribution in [0.2, 0.25) is 0 Å². The summed E-state index contributed by atoms with van der Waals surface area (Å²) in [6.07, 6.45) is 7.32. The lowest BCUT2D eigenvalue weighted by Crippen LogP contribution is -1.61. The molecule has 0 aromatic heterocycles. The molecule has 0 aliphatic rings. The van der Waals surface area contributed by atoms with Gasteiger partial charge in [-0.1, -0.05) is 24.0 Å². The van der Waals surface area contributed by atoms with Crippen molar-refractivity contribution in [3.8, 4) is 23.7 Å². The fourth-order valence-corrected chi connectivity index (χ4v) is 0.442. The molecule has 56 valence electrons. The summed E-state index contributed by atoms with van der Waals surface area (Å²) in [5, 5.41) is 0. The summed E-state index contributed by atoms with van der Waals surface area (Å²) < 4.78 is 0. The molecule has 0 fully saturated rings. The highest BCUT2D eigenvalue weighted by molar-refractivity contribution is 5.30. The van der Waals surface area contributed by atoms with Crippen LogP contribution in [-0.2, 0) is 0 Å². The van der Waals surface area contributed by atoms with E-state index in [1.807, 2.05) is 19.1 Å². The monoisotopic (exact) mass is 144 g/mol. The van der Waals surface area contributed by atoms with Crippen LogP contribution < -0.4 is 0 Å². The molecular formula is C11H12. The van der Waals surface area contributed by atoms with Crippen molar-refractivity contribution in [3.05, 3.63) is 24.8 Å². The van der Waals surface area contributed by atoms with Gasteiger partial charge in [0.05, 0.1) is 0 Å². The summed E-state index contributed by atoms with van der Waals surface area (Å²) in [4.78, 5) is 0. The lowest BCUT2D eigenvalue weighted by molar-refractivity contribution is 1.09. The summed E-state index contributed by atoms with van der Waals surface area (Å²) in [7, 11) is 0. The van der Waals surface area contributed by atoms with E-state index in [-0.39, 0.29) is 0 Å². The average molecular weight is 144 g/mol. The molecule has 0 spiro atoms. The van der Waals surface area contributed by atoms with Crippen LogP contribution in [0.4, 0.5) is 0 Å². The molecule has 0 atom stereocenters. The number of rotatable bonds is 2. The van der Waals surface area contributed by atoms with Gasteiger partial charge in [0.2, 0.25) is 0 Å². The smallest absolute Gasteiger partial charge is 0.0133 e. The van der Waals surface area contributed by atoms with Gasteiger partial charge in [-0.25, -0.2) is 0 Å². The van der Waals surface area contributed by atoms with Crippen LogP contribution >= 0.6 is 0 Å². The van der Waals surface area contributed by atoms with E-state index in [1.54, 1.807) is 6.08 Å². The highest BCUT2D eigenvalue weighted by atomic mass is 13.7. The third-order valence-corrected chi connectivity index (χ3v) is 0.947. The Morgan fingerprint density at radius 2 is 2.18 bits per heavy atom. The lowest BCUT2D eigenvalue weighted by Gasteiger charge is -1.75. The van der Waals surface area contributed by atoms with Gasteiger partial charge in [-0.3, -0.25) is 0 Å². The summed E-state index contributed by atoms with van der Waals surface area (Å²) in [5.74, 6) is 11.2. The zero-order chi connectivity index (χ0) is 8.36. The second-order valence-corrected chi connectivity index (χ2v) is 1.90. The lowest BCUT2D eigenvalue weighted by atomic mass is 10.3. The van der Waals surface area contributed by atoms with Crippen LogP contribution in [0.15, 0.2) is 24.8 Å². The summed E-state index contributed by atoms with van der Waals surface area (Å²) in [6.45, 7) is 5.52. The minimum absolute atomic E-state index is 0.855. The van der Waals surface area contributed by atoms with Gasteiger partial charge >= 0.3 is 0 Å². The van der Waals surface area contributed by atoms with Gasteiger partial charge in [0, 0.05) is 6.42 Å². The molecule has 0 aromatic carbocycles. The SMILES string of the molecule is C=CCCC#CC#C/C=C/C. The van der Waals surface area contributed by atoms with Crippen molar-refractivity contribution in [2.24, 2.45) is 0 Å². The van der Waals surface area contributed by atoms with Crippen molar-refractivity contribution >= 4 is 0 Å². The molecule has 11 heavy (non-hydrogen) atoms. The first kappa shape index (κ1) is 9.60. The second-order valence-electron chi connectivity index (χ2n) is 1.90. The zero-order valence-corrected chi connectivity index (χ0v) is 6.85. The van der Waals surface area contributed by atoms with Crippen molar-refractivity contribution in [1.82, 2.24) is 0 Å². The molecular weight excluding hydrogens is 132 g/mol. The van der Waals surface area contributed by atoms with Gasteiger partial charge < -0.3 is 0 Å². The molecule has 0 heterocycles. The first-order valence-electron chi connectivity index (χ1n) is 3.62. The Balaban J connectivity index is 3.56. The van der Waals surface area contributed by atoms with E-state index in [9.17, 15) is 0 Å². The van der Waals surface area contributed by atoms with Crippen molar-refractivity contribution in [2.45, 2.75) is 19.8 Å². The van der Waals surface area contributed by atoms with E-state index in [4.69, 9.17) is 0 Å². The molecule has 0 N–H and O–H groups in total. The van der Waals surface area contributed by atoms with Crippen molar-refractivity contribution in [2.75, 3.05) is 0 Å². The maximum Gasteiger partial charge on any atom is 0.0133 e. The zero-order valence-electron chi connectivity index (χ0n) is 6.85. The Morgan fingerprint density at radius 1 is 1.36 bits per heavy atom. The predicted molar refractivity (Wildman–Crippen MR) is 49.8 cm³/mol. The molecule has 0 rings (SSSR count). The van der Waals surface area contributed by atoms with E-state index in [0.717, 1.165) is 12.8 Å². The minimum atomic E-state index is 0.855. The van der Waals surface area contributed by atoms with Crippen LogP contribution in [0.3, 0.4) is 0 Å². The van der Waals surface area contributed by atoms with Crippen LogP contribution in [0.5, 0.6) is 0 Å². The molecule has 0 nitrogen and oxygen atoms in total. The molecule has 0 heteroatoms. The molecule has 0 aromatic rings. The number of unbranched alkanes of at least 4 members (excludes halogenated alkanes) is 1. The standard InChI is InChI=1S/C11H12/c1-3-5-7-9-11-10-8-6-4-2/h3-4,6H,1,5,7H2,2H3/b6-4+. The highest BCUT2D eigenvalue weighted by Gasteiger charge is 1.69. The van der Waals surface area contributed by atoms with Crippen LogP contribution in [0.25, 0.3) is 0 Å². The normalized spacial score (nSPS) is 7.73. The summed E-state index contributed by atoms with van der Waals surface area (Å²) >= 11 is 0. The predicted octanol–water partition coefficient (Wildman–Crippen LogP) is 2.54. The molecule has 0 saturated heterocycles. The van der Waals surface area contributed by atoms with Gasteiger partial charge in [-0.15, -0.1) is 6.58 Å². The van der Waals surface area contributed by atoms with Crippen LogP contribution in [0.1, 0.15) is 19.8 Å². The van der Waals surface area contributed by atoms with Crippen molar-refractivity contribution in [1.29, 1.82) is 0 Å². The van der Waals surface area contributed by atoms with Crippen LogP contribution in [-0.4, -0.2) is 0 Å². The third-order valence-electron chi connectivity index (χ3n) is 0.947. The molecule has 0 aliphatic carbocycles. The molecule has 0 amide bonds. The Hall–Kier alpha value is -1.40. The minimum Gasteiger partial charge on any atom is -0.103 e. The Kier molecular flexibility index (Phi) is 7.51. The molecule has 0 bridgehead atoms.